The zero-order valence-electron chi connectivity index (χ0n) is 11.5. The van der Waals surface area contributed by atoms with Crippen molar-refractivity contribution >= 4 is 23.8 Å². The maximum atomic E-state index is 11.2. The number of carbonyl (C=O) groups is 4. The number of esters is 1. The van der Waals surface area contributed by atoms with Gasteiger partial charge in [0.2, 0.25) is 11.7 Å². The molecule has 0 saturated heterocycles. The number of alkyl carbamates (subject to hydrolysis) is 1. The van der Waals surface area contributed by atoms with E-state index in [4.69, 9.17) is 4.74 Å². The summed E-state index contributed by atoms with van der Waals surface area (Å²) in [6.07, 6.45) is 0.451. The topological polar surface area (TPSA) is 102 Å². The average Bonchev–Trinajstić information content (AvgIpc) is 2.41. The molecule has 0 aliphatic heterocycles. The number of amides is 2. The maximum absolute atomic E-state index is 11.2. The highest BCUT2D eigenvalue weighted by Gasteiger charge is 2.09. The normalized spacial score (nSPS) is 9.30. The lowest BCUT2D eigenvalue weighted by Gasteiger charge is -2.14. The van der Waals surface area contributed by atoms with Crippen LogP contribution in [0.1, 0.15) is 6.92 Å². The molecule has 0 aromatic carbocycles. The highest BCUT2D eigenvalue weighted by atomic mass is 16.6. The van der Waals surface area contributed by atoms with Crippen LogP contribution in [0.15, 0.2) is 12.7 Å². The summed E-state index contributed by atoms with van der Waals surface area (Å²) < 4.78 is 9.30. The van der Waals surface area contributed by atoms with Crippen molar-refractivity contribution in [3.8, 4) is 0 Å². The summed E-state index contributed by atoms with van der Waals surface area (Å²) >= 11 is 0. The minimum atomic E-state index is -0.954. The van der Waals surface area contributed by atoms with Crippen LogP contribution in [-0.2, 0) is 23.9 Å². The number of ketones is 1. The smallest absolute Gasteiger partial charge is 0.407 e. The van der Waals surface area contributed by atoms with E-state index in [-0.39, 0.29) is 32.2 Å². The van der Waals surface area contributed by atoms with Gasteiger partial charge in [-0.1, -0.05) is 6.58 Å². The van der Waals surface area contributed by atoms with Crippen molar-refractivity contribution in [2.24, 2.45) is 0 Å². The van der Waals surface area contributed by atoms with Gasteiger partial charge in [0.05, 0.1) is 13.1 Å². The fourth-order valence-electron chi connectivity index (χ4n) is 0.991. The van der Waals surface area contributed by atoms with E-state index in [9.17, 15) is 19.2 Å². The minimum Gasteiger partial charge on any atom is -0.458 e. The first-order valence-electron chi connectivity index (χ1n) is 5.84. The summed E-state index contributed by atoms with van der Waals surface area (Å²) in [6, 6.07) is 0. The lowest BCUT2D eigenvalue weighted by atomic mass is 10.5. The Morgan fingerprint density at radius 3 is 2.40 bits per heavy atom. The highest BCUT2D eigenvalue weighted by molar-refractivity contribution is 6.32. The van der Waals surface area contributed by atoms with Gasteiger partial charge < -0.3 is 19.7 Å². The molecule has 0 atom stereocenters. The first-order chi connectivity index (χ1) is 9.38. The van der Waals surface area contributed by atoms with Gasteiger partial charge in [0, 0.05) is 14.0 Å². The van der Waals surface area contributed by atoms with Crippen LogP contribution in [0.4, 0.5) is 4.79 Å². The molecule has 112 valence electrons. The van der Waals surface area contributed by atoms with E-state index in [0.717, 1.165) is 13.0 Å². The lowest BCUT2D eigenvalue weighted by molar-refractivity contribution is -0.152. The molecule has 0 radical (unpaired) electrons. The summed E-state index contributed by atoms with van der Waals surface area (Å²) in [4.78, 5) is 44.9. The van der Waals surface area contributed by atoms with Crippen molar-refractivity contribution in [3.05, 3.63) is 12.7 Å². The predicted molar refractivity (Wildman–Crippen MR) is 68.8 cm³/mol. The SMILES string of the molecule is C=CC(=O)N(C)CCOC(=O)NCCOC(=O)C(C)=O. The van der Waals surface area contributed by atoms with E-state index in [2.05, 4.69) is 16.6 Å². The average molecular weight is 286 g/mol. The van der Waals surface area contributed by atoms with Crippen LogP contribution >= 0.6 is 0 Å². The first-order valence-corrected chi connectivity index (χ1v) is 5.84. The van der Waals surface area contributed by atoms with Crippen LogP contribution < -0.4 is 5.32 Å². The van der Waals surface area contributed by atoms with Crippen LogP contribution in [0.5, 0.6) is 0 Å². The van der Waals surface area contributed by atoms with Crippen molar-refractivity contribution in [1.82, 2.24) is 10.2 Å². The summed E-state index contributed by atoms with van der Waals surface area (Å²) in [6.45, 7) is 4.57. The number of hydrogen-bond acceptors (Lipinski definition) is 6. The monoisotopic (exact) mass is 286 g/mol. The third-order valence-corrected chi connectivity index (χ3v) is 2.10. The van der Waals surface area contributed by atoms with E-state index in [0.29, 0.717) is 0 Å². The Balaban J connectivity index is 3.65. The number of hydrogen-bond donors (Lipinski definition) is 1. The molecule has 2 amide bonds. The van der Waals surface area contributed by atoms with Crippen LogP contribution in [0.25, 0.3) is 0 Å². The standard InChI is InChI=1S/C12H18N2O6/c1-4-10(16)14(3)6-8-20-12(18)13-5-7-19-11(17)9(2)15/h4H,1,5-8H2,2-3H3,(H,13,18). The molecular weight excluding hydrogens is 268 g/mol. The van der Waals surface area contributed by atoms with Gasteiger partial charge in [0.1, 0.15) is 13.2 Å². The number of Topliss-reactive ketones (excluding diaryl/α,β-unsaturated/α-hetero) is 1. The molecule has 0 spiro atoms. The zero-order chi connectivity index (χ0) is 15.5. The van der Waals surface area contributed by atoms with Crippen molar-refractivity contribution in [2.45, 2.75) is 6.92 Å². The van der Waals surface area contributed by atoms with Crippen molar-refractivity contribution in [2.75, 3.05) is 33.4 Å². The number of ether oxygens (including phenoxy) is 2. The van der Waals surface area contributed by atoms with E-state index in [1.165, 1.54) is 4.90 Å². The van der Waals surface area contributed by atoms with Gasteiger partial charge in [0.15, 0.2) is 0 Å². The van der Waals surface area contributed by atoms with Gasteiger partial charge in [-0.3, -0.25) is 9.59 Å². The fourth-order valence-corrected chi connectivity index (χ4v) is 0.991. The summed E-state index contributed by atoms with van der Waals surface area (Å²) in [5.41, 5.74) is 0. The van der Waals surface area contributed by atoms with Gasteiger partial charge in [-0.2, -0.15) is 0 Å². The molecule has 0 saturated carbocycles. The number of carbonyl (C=O) groups excluding carboxylic acids is 4. The van der Waals surface area contributed by atoms with Crippen molar-refractivity contribution in [3.63, 3.8) is 0 Å². The molecule has 20 heavy (non-hydrogen) atoms. The molecule has 0 aromatic heterocycles. The largest absolute Gasteiger partial charge is 0.458 e. The highest BCUT2D eigenvalue weighted by Crippen LogP contribution is 1.87. The van der Waals surface area contributed by atoms with Gasteiger partial charge >= 0.3 is 12.1 Å². The molecule has 0 heterocycles. The van der Waals surface area contributed by atoms with E-state index in [1.807, 2.05) is 0 Å². The Bertz CT molecular complexity index is 393. The van der Waals surface area contributed by atoms with E-state index < -0.39 is 17.8 Å². The first kappa shape index (κ1) is 17.6. The zero-order valence-corrected chi connectivity index (χ0v) is 11.5. The Hall–Kier alpha value is -2.38. The van der Waals surface area contributed by atoms with Crippen LogP contribution in [0.2, 0.25) is 0 Å². The number of likely N-dealkylation sites (N-methyl/N-ethyl adjacent to an activating group) is 1. The molecular formula is C12H18N2O6. The summed E-state index contributed by atoms with van der Waals surface area (Å²) in [7, 11) is 1.55. The Kier molecular flexibility index (Phi) is 8.40. The number of nitrogens with zero attached hydrogens (tertiary/aromatic N) is 1. The molecule has 8 nitrogen and oxygen atoms in total. The summed E-state index contributed by atoms with van der Waals surface area (Å²) in [5.74, 6) is -1.93. The molecule has 0 bridgehead atoms. The van der Waals surface area contributed by atoms with Gasteiger partial charge in [-0.25, -0.2) is 9.59 Å². The number of rotatable bonds is 8. The third-order valence-electron chi connectivity index (χ3n) is 2.10. The molecule has 0 aliphatic rings. The quantitative estimate of drug-likeness (QED) is 0.279. The third kappa shape index (κ3) is 7.85. The van der Waals surface area contributed by atoms with E-state index >= 15 is 0 Å². The van der Waals surface area contributed by atoms with E-state index in [1.54, 1.807) is 7.05 Å². The molecule has 0 fully saturated rings. The maximum Gasteiger partial charge on any atom is 0.407 e. The Morgan fingerprint density at radius 2 is 1.85 bits per heavy atom. The van der Waals surface area contributed by atoms with Crippen LogP contribution in [-0.4, -0.2) is 62.0 Å². The second kappa shape index (κ2) is 9.54. The van der Waals surface area contributed by atoms with Gasteiger partial charge in [-0.05, 0) is 6.08 Å². The molecule has 1 N–H and O–H groups in total. The van der Waals surface area contributed by atoms with Crippen molar-refractivity contribution in [1.29, 1.82) is 0 Å². The minimum absolute atomic E-state index is 0.0230. The Morgan fingerprint density at radius 1 is 1.20 bits per heavy atom. The molecule has 0 unspecified atom stereocenters. The van der Waals surface area contributed by atoms with Crippen LogP contribution in [0.3, 0.4) is 0 Å². The van der Waals surface area contributed by atoms with Crippen LogP contribution in [0, 0.1) is 0 Å². The molecule has 0 rings (SSSR count). The number of nitrogens with one attached hydrogen (secondary N) is 1. The van der Waals surface area contributed by atoms with Crippen molar-refractivity contribution < 1.29 is 28.7 Å². The molecule has 8 heteroatoms. The Labute approximate surface area is 116 Å². The predicted octanol–water partition coefficient (Wildman–Crippen LogP) is -0.511. The van der Waals surface area contributed by atoms with Gasteiger partial charge in [-0.15, -0.1) is 0 Å². The lowest BCUT2D eigenvalue weighted by Crippen LogP contribution is -2.33. The second-order valence-electron chi connectivity index (χ2n) is 3.72. The second-order valence-corrected chi connectivity index (χ2v) is 3.72. The summed E-state index contributed by atoms with van der Waals surface area (Å²) in [5, 5.41) is 2.32. The fraction of sp³-hybridized carbons (Fsp3) is 0.500. The molecule has 0 aliphatic carbocycles. The van der Waals surface area contributed by atoms with Gasteiger partial charge in [0.25, 0.3) is 0 Å². The molecule has 0 aromatic rings.